The molecule has 2 nitrogen and oxygen atoms in total. The summed E-state index contributed by atoms with van der Waals surface area (Å²) in [5, 5.41) is 4.07. The van der Waals surface area contributed by atoms with E-state index in [0.717, 1.165) is 22.5 Å². The Morgan fingerprint density at radius 2 is 1.46 bits per heavy atom. The maximum atomic E-state index is 4.68. The number of nitrogens with zero attached hydrogens (tertiary/aromatic N) is 2. The van der Waals surface area contributed by atoms with Crippen molar-refractivity contribution < 1.29 is 20.1 Å². The van der Waals surface area contributed by atoms with Gasteiger partial charge in [-0.25, -0.2) is 0 Å². The maximum Gasteiger partial charge on any atom is 0.0799 e. The second kappa shape index (κ2) is 15.7. The number of aromatic nitrogens is 2. The predicted molar refractivity (Wildman–Crippen MR) is 216 cm³/mol. The van der Waals surface area contributed by atoms with E-state index in [-0.39, 0.29) is 20.1 Å². The molecular weight excluding hydrogens is 821 g/mol. The number of rotatable bonds is 6. The van der Waals surface area contributed by atoms with Gasteiger partial charge in [-0.05, 0) is 86.7 Å². The second-order valence-electron chi connectivity index (χ2n) is 14.6. The molecule has 3 heterocycles. The molecule has 1 radical (unpaired) electrons. The fourth-order valence-corrected chi connectivity index (χ4v) is 9.50. The quantitative estimate of drug-likeness (QED) is 0.123. The Labute approximate surface area is 317 Å². The van der Waals surface area contributed by atoms with Crippen LogP contribution in [-0.4, -0.2) is 18.0 Å². The van der Waals surface area contributed by atoms with E-state index in [1.165, 1.54) is 58.7 Å². The molecule has 0 fully saturated rings. The molecule has 257 valence electrons. The van der Waals surface area contributed by atoms with Gasteiger partial charge < -0.3 is 9.97 Å². The van der Waals surface area contributed by atoms with Crippen molar-refractivity contribution in [2.75, 3.05) is 0 Å². The number of thiophene rings is 1. The Kier molecular flexibility index (Phi) is 11.7. The molecule has 0 bridgehead atoms. The zero-order valence-electron chi connectivity index (χ0n) is 30.6. The summed E-state index contributed by atoms with van der Waals surface area (Å²) in [7, 11) is -1.34. The first-order chi connectivity index (χ1) is 23.4. The topological polar surface area (TPSA) is 25.8 Å². The van der Waals surface area contributed by atoms with Crippen molar-refractivity contribution in [3.63, 3.8) is 0 Å². The predicted octanol–water partition coefficient (Wildman–Crippen LogP) is 12.5. The van der Waals surface area contributed by atoms with E-state index in [0.29, 0.717) is 11.8 Å². The summed E-state index contributed by atoms with van der Waals surface area (Å²) in [6.07, 6.45) is 4.02. The number of pyridine rings is 2. The van der Waals surface area contributed by atoms with Crippen LogP contribution in [-0.2, 0) is 20.1 Å². The van der Waals surface area contributed by atoms with Crippen molar-refractivity contribution in [2.24, 2.45) is 0 Å². The zero-order valence-corrected chi connectivity index (χ0v) is 34.8. The van der Waals surface area contributed by atoms with E-state index in [2.05, 4.69) is 156 Å². The first kappa shape index (κ1) is 37.5. The molecule has 5 heteroatoms. The van der Waals surface area contributed by atoms with Gasteiger partial charge in [-0.1, -0.05) is 106 Å². The maximum absolute atomic E-state index is 4.68. The van der Waals surface area contributed by atoms with E-state index in [1.54, 1.807) is 0 Å². The summed E-state index contributed by atoms with van der Waals surface area (Å²) in [5.74, 6) is 1.01. The van der Waals surface area contributed by atoms with Crippen LogP contribution in [0.1, 0.15) is 61.8 Å². The van der Waals surface area contributed by atoms with Crippen LogP contribution in [0.5, 0.6) is 0 Å². The van der Waals surface area contributed by atoms with E-state index in [4.69, 9.17) is 0 Å². The number of hydrogen-bond acceptors (Lipinski definition) is 3. The fraction of sp³-hybridized carbons (Fsp3) is 0.244. The monoisotopic (exact) mass is 867 g/mol. The summed E-state index contributed by atoms with van der Waals surface area (Å²) in [5.41, 5.74) is 12.2. The van der Waals surface area contributed by atoms with E-state index in [9.17, 15) is 0 Å². The number of aryl methyl sites for hydroxylation is 2. The molecule has 0 aliphatic heterocycles. The molecule has 0 aliphatic carbocycles. The SMILES string of the molecule is CC(C)c1cc(-c2[c-]cccc2)ncc1[Si](C)(C)C.Cc1cccc(C)c1-c1ccc2c(c1)sc1c(-c3cc(C(C)C)ccn3)[c-]ccc12.[Ir]. The van der Waals surface area contributed by atoms with E-state index in [1.807, 2.05) is 41.8 Å². The van der Waals surface area contributed by atoms with Crippen molar-refractivity contribution in [3.8, 4) is 33.6 Å². The van der Waals surface area contributed by atoms with Gasteiger partial charge in [0.2, 0.25) is 0 Å². The van der Waals surface area contributed by atoms with Gasteiger partial charge in [-0.3, -0.25) is 0 Å². The summed E-state index contributed by atoms with van der Waals surface area (Å²) >= 11 is 1.85. The van der Waals surface area contributed by atoms with Gasteiger partial charge in [0, 0.05) is 37.2 Å². The van der Waals surface area contributed by atoms with Crippen LogP contribution in [0, 0.1) is 26.0 Å². The average molecular weight is 867 g/mol. The van der Waals surface area contributed by atoms with Gasteiger partial charge in [0.15, 0.2) is 0 Å². The Hall–Kier alpha value is -3.73. The van der Waals surface area contributed by atoms with Gasteiger partial charge in [0.25, 0.3) is 0 Å². The zero-order chi connectivity index (χ0) is 34.9. The molecule has 50 heavy (non-hydrogen) atoms. The third-order valence-corrected chi connectivity index (χ3v) is 12.5. The molecule has 0 unspecified atom stereocenters. The number of hydrogen-bond donors (Lipinski definition) is 0. The van der Waals surface area contributed by atoms with Crippen LogP contribution in [0.3, 0.4) is 0 Å². The molecule has 4 aromatic carbocycles. The summed E-state index contributed by atoms with van der Waals surface area (Å²) in [4.78, 5) is 9.34. The van der Waals surface area contributed by atoms with Gasteiger partial charge in [0.1, 0.15) is 0 Å². The molecule has 0 saturated carbocycles. The van der Waals surface area contributed by atoms with Crippen molar-refractivity contribution in [3.05, 3.63) is 138 Å². The normalized spacial score (nSPS) is 11.5. The fourth-order valence-electron chi connectivity index (χ4n) is 6.58. The Balaban J connectivity index is 0.000000211. The van der Waals surface area contributed by atoms with Crippen LogP contribution >= 0.6 is 11.3 Å². The largest absolute Gasteiger partial charge is 0.305 e. The average Bonchev–Trinajstić information content (AvgIpc) is 3.46. The van der Waals surface area contributed by atoms with Gasteiger partial charge in [-0.15, -0.1) is 59.7 Å². The van der Waals surface area contributed by atoms with Crippen molar-refractivity contribution >= 4 is 44.8 Å². The molecule has 3 aromatic heterocycles. The van der Waals surface area contributed by atoms with Crippen LogP contribution in [0.4, 0.5) is 0 Å². The third kappa shape index (κ3) is 7.92. The first-order valence-corrected chi connectivity index (χ1v) is 21.6. The smallest absolute Gasteiger partial charge is 0.0799 e. The minimum absolute atomic E-state index is 0. The Morgan fingerprint density at radius 1 is 0.700 bits per heavy atom. The first-order valence-electron chi connectivity index (χ1n) is 17.3. The van der Waals surface area contributed by atoms with Crippen molar-refractivity contribution in [1.82, 2.24) is 9.97 Å². The van der Waals surface area contributed by atoms with Gasteiger partial charge >= 0.3 is 0 Å². The third-order valence-electron chi connectivity index (χ3n) is 9.26. The number of fused-ring (bicyclic) bond motifs is 3. The molecule has 0 aliphatic rings. The van der Waals surface area contributed by atoms with Crippen LogP contribution in [0.15, 0.2) is 103 Å². The molecule has 7 rings (SSSR count). The van der Waals surface area contributed by atoms with Crippen molar-refractivity contribution in [1.29, 1.82) is 0 Å². The molecule has 0 amide bonds. The Bertz CT molecular complexity index is 2230. The summed E-state index contributed by atoms with van der Waals surface area (Å²) < 4.78 is 2.57. The van der Waals surface area contributed by atoms with Crippen LogP contribution < -0.4 is 5.19 Å². The van der Waals surface area contributed by atoms with E-state index >= 15 is 0 Å². The number of benzene rings is 4. The summed E-state index contributed by atoms with van der Waals surface area (Å²) in [6.45, 7) is 20.5. The second-order valence-corrected chi connectivity index (χ2v) is 20.7. The standard InChI is InChI=1S/C28H24NS.C17H22NSi.Ir/c1-17(2)20-13-14-29-25(15-20)24-10-6-9-23-22-12-11-21(16-26(22)30-28(23)24)27-18(3)7-5-8-19(27)4;1-13(2)15-11-16(14-9-7-6-8-10-14)18-12-17(15)19(3,4)5;/h5-9,11-17H,1-4H3;6-9,11-13H,1-5H3;/q2*-1;. The molecular formula is C45H46IrN2SSi-2. The van der Waals surface area contributed by atoms with Crippen molar-refractivity contribution in [2.45, 2.75) is 73.0 Å². The minimum atomic E-state index is -1.34. The molecule has 0 N–H and O–H groups in total. The van der Waals surface area contributed by atoms with Gasteiger partial charge in [0.05, 0.1) is 8.07 Å². The molecule has 7 aromatic rings. The van der Waals surface area contributed by atoms with Crippen LogP contribution in [0.25, 0.3) is 53.8 Å². The van der Waals surface area contributed by atoms with Crippen LogP contribution in [0.2, 0.25) is 19.6 Å². The van der Waals surface area contributed by atoms with Gasteiger partial charge in [-0.2, -0.15) is 11.3 Å². The van der Waals surface area contributed by atoms with E-state index < -0.39 is 8.07 Å². The summed E-state index contributed by atoms with van der Waals surface area (Å²) in [6, 6.07) is 39.0. The molecule has 0 atom stereocenters. The molecule has 0 spiro atoms. The Morgan fingerprint density at radius 3 is 2.12 bits per heavy atom. The minimum Gasteiger partial charge on any atom is -0.305 e. The molecule has 0 saturated heterocycles.